The fourth-order valence-corrected chi connectivity index (χ4v) is 3.84. The van der Waals surface area contributed by atoms with Gasteiger partial charge in [-0.1, -0.05) is 12.1 Å². The predicted molar refractivity (Wildman–Crippen MR) is 105 cm³/mol. The number of nitrogens with zero attached hydrogens (tertiary/aromatic N) is 3. The van der Waals surface area contributed by atoms with Crippen molar-refractivity contribution in [1.29, 1.82) is 0 Å². The normalized spacial score (nSPS) is 21.5. The lowest BCUT2D eigenvalue weighted by Gasteiger charge is -2.39. The number of methoxy groups -OCH3 is 2. The molecule has 28 heavy (non-hydrogen) atoms. The predicted octanol–water partition coefficient (Wildman–Crippen LogP) is 3.06. The van der Waals surface area contributed by atoms with Crippen molar-refractivity contribution in [2.75, 3.05) is 26.2 Å². The molecule has 1 fully saturated rings. The number of anilines is 1. The standard InChI is InChI=1S/C21H21N3O4/c1-23-19-17(13-4-8-15(27-2)9-5-13)12-18(25)24(20(19)22-21(23)26)14-6-10-16(28-3)11-7-14/h4-11,17,19H,12H2,1-3H3/t17-,19-/m1/s1. The average Bonchev–Trinajstić information content (AvgIpc) is 3.02. The molecular weight excluding hydrogens is 358 g/mol. The van der Waals surface area contributed by atoms with Gasteiger partial charge in [-0.3, -0.25) is 9.69 Å². The van der Waals surface area contributed by atoms with Crippen LogP contribution in [0.25, 0.3) is 0 Å². The molecule has 0 aromatic heterocycles. The molecule has 7 heteroatoms. The van der Waals surface area contributed by atoms with Crippen LogP contribution in [-0.4, -0.2) is 50.0 Å². The number of piperidine rings is 1. The molecule has 1 saturated heterocycles. The van der Waals surface area contributed by atoms with Gasteiger partial charge >= 0.3 is 6.03 Å². The van der Waals surface area contributed by atoms with Gasteiger partial charge in [0.15, 0.2) is 0 Å². The van der Waals surface area contributed by atoms with E-state index in [1.807, 2.05) is 24.3 Å². The molecule has 2 aliphatic rings. The van der Waals surface area contributed by atoms with Crippen LogP contribution in [0.1, 0.15) is 17.9 Å². The maximum Gasteiger partial charge on any atom is 0.345 e. The third kappa shape index (κ3) is 2.89. The number of carbonyl (C=O) groups is 2. The van der Waals surface area contributed by atoms with Crippen molar-refractivity contribution < 1.29 is 19.1 Å². The van der Waals surface area contributed by atoms with Gasteiger partial charge in [-0.05, 0) is 42.0 Å². The van der Waals surface area contributed by atoms with Crippen molar-refractivity contribution in [2.24, 2.45) is 4.99 Å². The molecule has 2 aromatic carbocycles. The van der Waals surface area contributed by atoms with E-state index in [1.54, 1.807) is 55.3 Å². The van der Waals surface area contributed by atoms with E-state index < -0.39 is 0 Å². The van der Waals surface area contributed by atoms with Crippen LogP contribution >= 0.6 is 0 Å². The lowest BCUT2D eigenvalue weighted by molar-refractivity contribution is -0.118. The van der Waals surface area contributed by atoms with Crippen LogP contribution in [0.15, 0.2) is 53.5 Å². The number of urea groups is 1. The molecule has 0 saturated carbocycles. The van der Waals surface area contributed by atoms with Gasteiger partial charge in [-0.15, -0.1) is 0 Å². The smallest absolute Gasteiger partial charge is 0.345 e. The number of likely N-dealkylation sites (N-methyl/N-ethyl adjacent to an activating group) is 1. The molecule has 0 radical (unpaired) electrons. The maximum absolute atomic E-state index is 13.1. The second-order valence-corrected chi connectivity index (χ2v) is 6.82. The van der Waals surface area contributed by atoms with Gasteiger partial charge in [0.2, 0.25) is 5.91 Å². The van der Waals surface area contributed by atoms with E-state index in [0.29, 0.717) is 17.3 Å². The summed E-state index contributed by atoms with van der Waals surface area (Å²) in [5, 5.41) is 0. The Morgan fingerprint density at radius 2 is 1.50 bits per heavy atom. The van der Waals surface area contributed by atoms with Crippen molar-refractivity contribution in [3.63, 3.8) is 0 Å². The van der Waals surface area contributed by atoms with Gasteiger partial charge in [0.25, 0.3) is 0 Å². The third-order valence-electron chi connectivity index (χ3n) is 5.32. The SMILES string of the molecule is COc1ccc([C@H]2CC(=O)N(c3ccc(OC)cc3)C3=NC(=O)N(C)[C@@H]32)cc1. The number of amides is 3. The Morgan fingerprint density at radius 1 is 0.929 bits per heavy atom. The Labute approximate surface area is 163 Å². The summed E-state index contributed by atoms with van der Waals surface area (Å²) in [6.45, 7) is 0. The largest absolute Gasteiger partial charge is 0.497 e. The summed E-state index contributed by atoms with van der Waals surface area (Å²) in [4.78, 5) is 32.8. The highest BCUT2D eigenvalue weighted by Gasteiger charge is 2.48. The lowest BCUT2D eigenvalue weighted by atomic mass is 9.83. The lowest BCUT2D eigenvalue weighted by Crippen LogP contribution is -2.54. The zero-order valence-electron chi connectivity index (χ0n) is 16.0. The van der Waals surface area contributed by atoms with E-state index in [2.05, 4.69) is 4.99 Å². The first kappa shape index (κ1) is 18.0. The molecule has 0 N–H and O–H groups in total. The van der Waals surface area contributed by atoms with E-state index in [1.165, 1.54) is 0 Å². The van der Waals surface area contributed by atoms with Crippen molar-refractivity contribution in [1.82, 2.24) is 4.90 Å². The first-order valence-corrected chi connectivity index (χ1v) is 9.00. The molecule has 0 unspecified atom stereocenters. The minimum Gasteiger partial charge on any atom is -0.497 e. The van der Waals surface area contributed by atoms with Crippen LogP contribution < -0.4 is 14.4 Å². The molecule has 2 aromatic rings. The molecule has 4 rings (SSSR count). The average molecular weight is 379 g/mol. The van der Waals surface area contributed by atoms with Crippen molar-refractivity contribution in [3.05, 3.63) is 54.1 Å². The molecule has 0 aliphatic carbocycles. The molecule has 2 aliphatic heterocycles. The van der Waals surface area contributed by atoms with Gasteiger partial charge in [0.05, 0.1) is 25.9 Å². The minimum atomic E-state index is -0.341. The minimum absolute atomic E-state index is 0.0934. The number of hydrogen-bond donors (Lipinski definition) is 0. The molecule has 2 atom stereocenters. The quantitative estimate of drug-likeness (QED) is 0.819. The van der Waals surface area contributed by atoms with Gasteiger partial charge in [0, 0.05) is 19.4 Å². The Bertz CT molecular complexity index is 937. The number of ether oxygens (including phenoxy) is 2. The number of hydrogen-bond acceptors (Lipinski definition) is 4. The molecule has 3 amide bonds. The van der Waals surface area contributed by atoms with E-state index >= 15 is 0 Å². The molecule has 144 valence electrons. The fourth-order valence-electron chi connectivity index (χ4n) is 3.84. The molecule has 7 nitrogen and oxygen atoms in total. The second-order valence-electron chi connectivity index (χ2n) is 6.82. The van der Waals surface area contributed by atoms with Crippen molar-refractivity contribution in [3.8, 4) is 11.5 Å². The summed E-state index contributed by atoms with van der Waals surface area (Å²) in [5.74, 6) is 1.65. The highest BCUT2D eigenvalue weighted by molar-refractivity contribution is 6.25. The van der Waals surface area contributed by atoms with Crippen LogP contribution in [0.2, 0.25) is 0 Å². The number of fused-ring (bicyclic) bond motifs is 1. The summed E-state index contributed by atoms with van der Waals surface area (Å²) in [5.41, 5.74) is 1.65. The zero-order valence-corrected chi connectivity index (χ0v) is 16.0. The Morgan fingerprint density at radius 3 is 2.07 bits per heavy atom. The second kappa shape index (κ2) is 6.99. The maximum atomic E-state index is 13.1. The third-order valence-corrected chi connectivity index (χ3v) is 5.32. The summed E-state index contributed by atoms with van der Waals surface area (Å²) < 4.78 is 10.4. The number of rotatable bonds is 4. The molecule has 0 bridgehead atoms. The molecule has 2 heterocycles. The van der Waals surface area contributed by atoms with Crippen LogP contribution in [-0.2, 0) is 4.79 Å². The van der Waals surface area contributed by atoms with E-state index in [4.69, 9.17) is 9.47 Å². The number of benzene rings is 2. The van der Waals surface area contributed by atoms with Gasteiger partial charge in [-0.2, -0.15) is 4.99 Å². The number of carbonyl (C=O) groups excluding carboxylic acids is 2. The zero-order chi connectivity index (χ0) is 19.8. The van der Waals surface area contributed by atoms with Crippen LogP contribution in [0.3, 0.4) is 0 Å². The summed E-state index contributed by atoms with van der Waals surface area (Å²) in [6, 6.07) is 14.1. The summed E-state index contributed by atoms with van der Waals surface area (Å²) in [7, 11) is 4.92. The fraction of sp³-hybridized carbons (Fsp3) is 0.286. The highest BCUT2D eigenvalue weighted by Crippen LogP contribution is 2.38. The summed E-state index contributed by atoms with van der Waals surface area (Å²) in [6.07, 6.45) is 0.277. The van der Waals surface area contributed by atoms with E-state index in [9.17, 15) is 9.59 Å². The van der Waals surface area contributed by atoms with Crippen molar-refractivity contribution in [2.45, 2.75) is 18.4 Å². The topological polar surface area (TPSA) is 71.4 Å². The first-order valence-electron chi connectivity index (χ1n) is 9.00. The van der Waals surface area contributed by atoms with Gasteiger partial charge < -0.3 is 14.4 Å². The van der Waals surface area contributed by atoms with Gasteiger partial charge in [-0.25, -0.2) is 4.79 Å². The summed E-state index contributed by atoms with van der Waals surface area (Å²) >= 11 is 0. The Hall–Kier alpha value is -3.35. The highest BCUT2D eigenvalue weighted by atomic mass is 16.5. The number of aliphatic imine (C=N–C) groups is 1. The molecular formula is C21H21N3O4. The Balaban J connectivity index is 1.73. The Kier molecular flexibility index (Phi) is 4.50. The monoisotopic (exact) mass is 379 g/mol. The number of amidine groups is 1. The molecule has 0 spiro atoms. The van der Waals surface area contributed by atoms with Gasteiger partial charge in [0.1, 0.15) is 17.3 Å². The van der Waals surface area contributed by atoms with E-state index in [-0.39, 0.29) is 30.3 Å². The van der Waals surface area contributed by atoms with Crippen LogP contribution in [0, 0.1) is 0 Å². The van der Waals surface area contributed by atoms with Crippen molar-refractivity contribution >= 4 is 23.5 Å². The first-order chi connectivity index (χ1) is 13.5. The van der Waals surface area contributed by atoms with Crippen LogP contribution in [0.5, 0.6) is 11.5 Å². The van der Waals surface area contributed by atoms with E-state index in [0.717, 1.165) is 11.3 Å². The van der Waals surface area contributed by atoms with Crippen LogP contribution in [0.4, 0.5) is 10.5 Å².